The fraction of sp³-hybridized carbons (Fsp3) is 0.806. The summed E-state index contributed by atoms with van der Waals surface area (Å²) in [5.74, 6) is 0. The second kappa shape index (κ2) is 16.2. The van der Waals surface area contributed by atoms with E-state index in [-0.39, 0.29) is 19.6 Å². The zero-order valence-corrected chi connectivity index (χ0v) is 27.3. The van der Waals surface area contributed by atoms with E-state index in [0.29, 0.717) is 6.42 Å². The fourth-order valence-electron chi connectivity index (χ4n) is 7.17. The summed E-state index contributed by atoms with van der Waals surface area (Å²) in [6.45, 7) is -0.714. The van der Waals surface area contributed by atoms with Crippen molar-refractivity contribution in [1.29, 1.82) is 0 Å². The molecule has 50 heavy (non-hydrogen) atoms. The van der Waals surface area contributed by atoms with Crippen LogP contribution in [0.15, 0.2) is 30.3 Å². The Hall–Kier alpha value is -1.54. The molecule has 284 valence electrons. The molecule has 0 unspecified atom stereocenters. The summed E-state index contributed by atoms with van der Waals surface area (Å²) in [5.41, 5.74) is 31.7. The largest absolute Gasteiger partial charge is 0.394 e. The topological polar surface area (TPSA) is 325 Å². The van der Waals surface area contributed by atoms with Crippen molar-refractivity contribution >= 4 is 0 Å². The Morgan fingerprint density at radius 3 is 2.00 bits per heavy atom. The van der Waals surface area contributed by atoms with Gasteiger partial charge in [0.15, 0.2) is 25.2 Å². The number of aliphatic hydroxyl groups is 6. The van der Waals surface area contributed by atoms with E-state index in [1.165, 1.54) is 0 Å². The van der Waals surface area contributed by atoms with Gasteiger partial charge in [0.25, 0.3) is 0 Å². The Morgan fingerprint density at radius 2 is 1.30 bits per heavy atom. The Morgan fingerprint density at radius 1 is 0.660 bits per heavy atom. The number of rotatable bonds is 10. The molecule has 1 saturated carbocycles. The van der Waals surface area contributed by atoms with Crippen molar-refractivity contribution in [3.63, 3.8) is 0 Å². The van der Waals surface area contributed by atoms with Crippen LogP contribution in [0.1, 0.15) is 12.0 Å². The normalized spacial score (nSPS) is 49.8. The molecule has 0 aromatic heterocycles. The van der Waals surface area contributed by atoms with Gasteiger partial charge in [0.05, 0.1) is 31.4 Å². The summed E-state index contributed by atoms with van der Waals surface area (Å²) in [7, 11) is 0. The lowest BCUT2D eigenvalue weighted by Gasteiger charge is -2.49. The minimum atomic E-state index is -1.60. The molecular formula is C31H51N5O14. The summed E-state index contributed by atoms with van der Waals surface area (Å²) in [4.78, 5) is 0. The first-order chi connectivity index (χ1) is 23.9. The lowest BCUT2D eigenvalue weighted by Crippen LogP contribution is -2.69. The maximum atomic E-state index is 11.3. The lowest BCUT2D eigenvalue weighted by molar-refractivity contribution is -0.353. The van der Waals surface area contributed by atoms with E-state index >= 15 is 0 Å². The van der Waals surface area contributed by atoms with Crippen molar-refractivity contribution in [2.45, 2.75) is 135 Å². The minimum absolute atomic E-state index is 0.0817. The number of benzene rings is 1. The molecule has 19 heteroatoms. The third-order valence-electron chi connectivity index (χ3n) is 10.1. The van der Waals surface area contributed by atoms with E-state index in [1.54, 1.807) is 0 Å². The number of hydrogen-bond acceptors (Lipinski definition) is 19. The number of ether oxygens (including phenoxy) is 8. The van der Waals surface area contributed by atoms with Gasteiger partial charge >= 0.3 is 0 Å². The molecule has 0 amide bonds. The number of fused-ring (bicyclic) bond motifs is 1. The molecule has 0 bridgehead atoms. The molecule has 0 spiro atoms. The fourth-order valence-corrected chi connectivity index (χ4v) is 7.17. The highest BCUT2D eigenvalue weighted by molar-refractivity contribution is 5.15. The van der Waals surface area contributed by atoms with Crippen molar-refractivity contribution in [3.05, 3.63) is 35.9 Å². The number of aliphatic hydroxyl groups excluding tert-OH is 6. The third-order valence-corrected chi connectivity index (χ3v) is 10.1. The van der Waals surface area contributed by atoms with Crippen LogP contribution in [-0.2, 0) is 44.3 Å². The van der Waals surface area contributed by atoms with Crippen LogP contribution in [0.5, 0.6) is 0 Å². The van der Waals surface area contributed by atoms with Crippen molar-refractivity contribution in [2.24, 2.45) is 28.7 Å². The molecule has 1 aromatic carbocycles. The monoisotopic (exact) mass is 717 g/mol. The Kier molecular flexibility index (Phi) is 12.4. The van der Waals surface area contributed by atoms with Crippen molar-refractivity contribution in [1.82, 2.24) is 0 Å². The maximum Gasteiger partial charge on any atom is 0.187 e. The smallest absolute Gasteiger partial charge is 0.187 e. The highest BCUT2D eigenvalue weighted by Gasteiger charge is 2.55. The van der Waals surface area contributed by atoms with Crippen LogP contribution in [0.4, 0.5) is 0 Å². The Labute approximate surface area is 288 Å². The van der Waals surface area contributed by atoms with E-state index < -0.39 is 129 Å². The first kappa shape index (κ1) is 38.2. The minimum Gasteiger partial charge on any atom is -0.394 e. The van der Waals surface area contributed by atoms with Crippen LogP contribution < -0.4 is 28.7 Å². The lowest BCUT2D eigenvalue weighted by atomic mass is 9.84. The average molecular weight is 718 g/mol. The van der Waals surface area contributed by atoms with Gasteiger partial charge in [-0.05, 0) is 12.0 Å². The van der Waals surface area contributed by atoms with Crippen LogP contribution in [-0.4, -0.2) is 173 Å². The molecule has 4 aliphatic heterocycles. The second-order valence-corrected chi connectivity index (χ2v) is 13.6. The first-order valence-electron chi connectivity index (χ1n) is 16.9. The van der Waals surface area contributed by atoms with Crippen LogP contribution in [0.25, 0.3) is 0 Å². The Bertz CT molecular complexity index is 1230. The molecule has 4 saturated heterocycles. The van der Waals surface area contributed by atoms with E-state index in [9.17, 15) is 30.6 Å². The summed E-state index contributed by atoms with van der Waals surface area (Å²) in [5, 5.41) is 64.3. The van der Waals surface area contributed by atoms with Crippen LogP contribution in [0.2, 0.25) is 0 Å². The summed E-state index contributed by atoms with van der Waals surface area (Å²) >= 11 is 0. The molecule has 4 heterocycles. The molecule has 5 aliphatic rings. The summed E-state index contributed by atoms with van der Waals surface area (Å²) in [6, 6.07) is 5.57. The molecule has 16 N–H and O–H groups in total. The zero-order chi connectivity index (χ0) is 35.9. The van der Waals surface area contributed by atoms with Gasteiger partial charge in [-0.2, -0.15) is 0 Å². The maximum absolute atomic E-state index is 11.3. The molecule has 20 atom stereocenters. The third kappa shape index (κ3) is 7.73. The van der Waals surface area contributed by atoms with E-state index in [1.807, 2.05) is 30.3 Å². The summed E-state index contributed by atoms with van der Waals surface area (Å²) in [6.07, 6.45) is -18.7. The van der Waals surface area contributed by atoms with Crippen molar-refractivity contribution in [3.8, 4) is 0 Å². The van der Waals surface area contributed by atoms with Crippen LogP contribution in [0, 0.1) is 0 Å². The van der Waals surface area contributed by atoms with E-state index in [4.69, 9.17) is 66.6 Å². The molecule has 1 aliphatic carbocycles. The van der Waals surface area contributed by atoms with Gasteiger partial charge in [-0.15, -0.1) is 0 Å². The van der Waals surface area contributed by atoms with Gasteiger partial charge in [-0.25, -0.2) is 0 Å². The molecular weight excluding hydrogens is 666 g/mol. The quantitative estimate of drug-likeness (QED) is 0.107. The van der Waals surface area contributed by atoms with Crippen LogP contribution in [0.3, 0.4) is 0 Å². The highest BCUT2D eigenvalue weighted by Crippen LogP contribution is 2.35. The van der Waals surface area contributed by atoms with Crippen LogP contribution >= 0.6 is 0 Å². The van der Waals surface area contributed by atoms with Crippen molar-refractivity contribution in [2.75, 3.05) is 19.8 Å². The van der Waals surface area contributed by atoms with Gasteiger partial charge < -0.3 is 97.2 Å². The highest BCUT2D eigenvalue weighted by atomic mass is 16.8. The SMILES string of the molecule is NC[C@@H]1O[C@H](O[C@H]2[C@@H](O)[C@H](O[C@@H]3[C@@H](O)[C@H](N)C[C@H](N)[C@H]3O[C@H]3O[C@@H]4CO[C@@H](Cc5ccccc5)O[C@H]4[C@H](O)[C@H]3N)O[C@@H]2CO)[C@H](N)[C@@H](O)[C@@H]1O. The van der Waals surface area contributed by atoms with Gasteiger partial charge in [-0.3, -0.25) is 0 Å². The summed E-state index contributed by atoms with van der Waals surface area (Å²) < 4.78 is 47.6. The molecule has 6 rings (SSSR count). The molecule has 0 radical (unpaired) electrons. The molecule has 19 nitrogen and oxygen atoms in total. The number of nitrogens with two attached hydrogens (primary N) is 5. The standard InChI is InChI=1S/C31H51N5O14/c32-8-14-21(39)22(40)18(35)29(44-14)49-26-15(9-37)45-31(24(26)42)50-28-20(38)12(33)7-13(34)25(28)48-30-19(36)23(41)27-16(46-30)10-43-17(47-27)6-11-4-2-1-3-5-11/h1-5,12-31,37-42H,6-10,32-36H2/t12-,13+,14+,15-,16-,17-,18-,19-,20+,21-,22-,23-,24-,25-,26-,27-,28-,29-,30-,31+/m1/s1. The zero-order valence-electron chi connectivity index (χ0n) is 27.3. The van der Waals surface area contributed by atoms with Gasteiger partial charge in [0.1, 0.15) is 67.1 Å². The predicted octanol–water partition coefficient (Wildman–Crippen LogP) is -6.23. The van der Waals surface area contributed by atoms with Gasteiger partial charge in [0, 0.05) is 25.0 Å². The van der Waals surface area contributed by atoms with E-state index in [0.717, 1.165) is 5.56 Å². The average Bonchev–Trinajstić information content (AvgIpc) is 3.41. The van der Waals surface area contributed by atoms with Gasteiger partial charge in [0.2, 0.25) is 0 Å². The van der Waals surface area contributed by atoms with Crippen molar-refractivity contribution < 1.29 is 68.5 Å². The molecule has 5 fully saturated rings. The molecule has 1 aromatic rings. The predicted molar refractivity (Wildman–Crippen MR) is 168 cm³/mol. The van der Waals surface area contributed by atoms with Gasteiger partial charge in [-0.1, -0.05) is 30.3 Å². The van der Waals surface area contributed by atoms with E-state index in [2.05, 4.69) is 0 Å². The Balaban J connectivity index is 1.12. The first-order valence-corrected chi connectivity index (χ1v) is 16.9. The second-order valence-electron chi connectivity index (χ2n) is 13.6. The number of hydrogen-bond donors (Lipinski definition) is 11.